The number of alkyl halides is 1. The molecule has 2 heterocycles. The van der Waals surface area contributed by atoms with E-state index in [-0.39, 0.29) is 22.6 Å². The Morgan fingerprint density at radius 1 is 1.20 bits per heavy atom. The fourth-order valence-electron chi connectivity index (χ4n) is 3.76. The lowest BCUT2D eigenvalue weighted by molar-refractivity contribution is 0.367. The maximum absolute atomic E-state index is 13.2. The van der Waals surface area contributed by atoms with Gasteiger partial charge in [0.15, 0.2) is 9.84 Å². The van der Waals surface area contributed by atoms with Crippen LogP contribution >= 0.6 is 0 Å². The highest BCUT2D eigenvalue weighted by Gasteiger charge is 2.46. The van der Waals surface area contributed by atoms with Gasteiger partial charge in [-0.3, -0.25) is 23.0 Å². The second-order valence-corrected chi connectivity index (χ2v) is 10.0. The predicted octanol–water partition coefficient (Wildman–Crippen LogP) is 1.49. The van der Waals surface area contributed by atoms with Crippen LogP contribution in [0.15, 0.2) is 45.1 Å². The average molecular weight is 434 g/mol. The van der Waals surface area contributed by atoms with Crippen molar-refractivity contribution in [3.63, 3.8) is 0 Å². The normalized spacial score (nSPS) is 15.6. The molecule has 1 saturated carbocycles. The quantitative estimate of drug-likeness (QED) is 0.561. The molecule has 0 radical (unpaired) electrons. The predicted molar refractivity (Wildman–Crippen MR) is 110 cm³/mol. The van der Waals surface area contributed by atoms with E-state index in [4.69, 9.17) is 0 Å². The van der Waals surface area contributed by atoms with Gasteiger partial charge in [0.25, 0.3) is 5.56 Å². The molecule has 30 heavy (non-hydrogen) atoms. The molecule has 0 atom stereocenters. The zero-order valence-corrected chi connectivity index (χ0v) is 17.7. The average Bonchev–Trinajstić information content (AvgIpc) is 3.36. The first-order valence-corrected chi connectivity index (χ1v) is 11.4. The van der Waals surface area contributed by atoms with Gasteiger partial charge in [-0.15, -0.1) is 0 Å². The molecule has 0 unspecified atom stereocenters. The third-order valence-electron chi connectivity index (χ3n) is 5.71. The summed E-state index contributed by atoms with van der Waals surface area (Å²) in [6.07, 6.45) is 4.37. The fraction of sp³-hybridized carbons (Fsp3) is 0.450. The van der Waals surface area contributed by atoms with E-state index in [2.05, 4.69) is 5.10 Å². The Kier molecular flexibility index (Phi) is 4.92. The molecule has 2 aromatic heterocycles. The third kappa shape index (κ3) is 3.49. The number of nitrogens with zero attached hydrogens (tertiary/aromatic N) is 4. The van der Waals surface area contributed by atoms with Gasteiger partial charge < -0.3 is 0 Å². The van der Waals surface area contributed by atoms with Crippen LogP contribution in [0.1, 0.15) is 25.3 Å². The molecule has 1 aromatic carbocycles. The van der Waals surface area contributed by atoms with E-state index < -0.39 is 33.2 Å². The number of aryl methyl sites for hydroxylation is 2. The van der Waals surface area contributed by atoms with Crippen molar-refractivity contribution in [3.8, 4) is 0 Å². The van der Waals surface area contributed by atoms with Crippen LogP contribution in [0.4, 0.5) is 4.39 Å². The zero-order chi connectivity index (χ0) is 21.7. The minimum absolute atomic E-state index is 0.0268. The van der Waals surface area contributed by atoms with Gasteiger partial charge in [-0.2, -0.15) is 5.10 Å². The Labute approximate surface area is 172 Å². The van der Waals surface area contributed by atoms with E-state index in [1.165, 1.54) is 22.8 Å². The van der Waals surface area contributed by atoms with E-state index in [0.717, 1.165) is 4.57 Å². The summed E-state index contributed by atoms with van der Waals surface area (Å²) in [6, 6.07) is 4.19. The van der Waals surface area contributed by atoms with Crippen molar-refractivity contribution in [2.24, 2.45) is 12.5 Å². The molecular weight excluding hydrogens is 411 g/mol. The number of aromatic nitrogens is 4. The van der Waals surface area contributed by atoms with Crippen molar-refractivity contribution in [2.75, 3.05) is 12.4 Å². The van der Waals surface area contributed by atoms with E-state index in [0.29, 0.717) is 30.5 Å². The fourth-order valence-corrected chi connectivity index (χ4v) is 5.67. The van der Waals surface area contributed by atoms with Crippen molar-refractivity contribution < 1.29 is 12.8 Å². The molecule has 0 amide bonds. The lowest BCUT2D eigenvalue weighted by atomic mass is 10.2. The van der Waals surface area contributed by atoms with Crippen LogP contribution in [-0.4, -0.2) is 39.8 Å². The van der Waals surface area contributed by atoms with Gasteiger partial charge in [0.1, 0.15) is 0 Å². The summed E-state index contributed by atoms with van der Waals surface area (Å²) in [4.78, 5) is 26.0. The summed E-state index contributed by atoms with van der Waals surface area (Å²) in [7, 11) is -2.03. The first-order valence-electron chi connectivity index (χ1n) is 9.73. The second-order valence-electron chi connectivity index (χ2n) is 8.01. The highest BCUT2D eigenvalue weighted by atomic mass is 32.2. The van der Waals surface area contributed by atoms with Crippen LogP contribution in [0.5, 0.6) is 0 Å². The molecule has 1 aliphatic rings. The number of sulfone groups is 1. The highest BCUT2D eigenvalue weighted by Crippen LogP contribution is 2.47. The Morgan fingerprint density at radius 3 is 2.50 bits per heavy atom. The van der Waals surface area contributed by atoms with Crippen LogP contribution in [0.2, 0.25) is 0 Å². The van der Waals surface area contributed by atoms with E-state index in [9.17, 15) is 22.4 Å². The maximum Gasteiger partial charge on any atom is 0.331 e. The monoisotopic (exact) mass is 434 g/mol. The first kappa shape index (κ1) is 20.5. The van der Waals surface area contributed by atoms with Gasteiger partial charge in [-0.25, -0.2) is 13.2 Å². The van der Waals surface area contributed by atoms with Crippen LogP contribution in [0.25, 0.3) is 10.9 Å². The van der Waals surface area contributed by atoms with E-state index >= 15 is 0 Å². The Bertz CT molecular complexity index is 1350. The molecule has 10 heteroatoms. The topological polar surface area (TPSA) is 96.0 Å². The van der Waals surface area contributed by atoms with Gasteiger partial charge in [-0.1, -0.05) is 0 Å². The molecule has 0 saturated heterocycles. The number of hydrogen-bond donors (Lipinski definition) is 0. The van der Waals surface area contributed by atoms with Gasteiger partial charge >= 0.3 is 5.69 Å². The lowest BCUT2D eigenvalue weighted by Gasteiger charge is -2.14. The van der Waals surface area contributed by atoms with E-state index in [1.54, 1.807) is 31.0 Å². The molecule has 0 spiro atoms. The van der Waals surface area contributed by atoms with E-state index in [1.807, 2.05) is 0 Å². The van der Waals surface area contributed by atoms with Gasteiger partial charge in [0.2, 0.25) is 0 Å². The van der Waals surface area contributed by atoms with Crippen molar-refractivity contribution in [1.29, 1.82) is 0 Å². The molecule has 8 nitrogen and oxygen atoms in total. The Balaban J connectivity index is 1.86. The lowest BCUT2D eigenvalue weighted by Crippen LogP contribution is -2.40. The largest absolute Gasteiger partial charge is 0.331 e. The minimum Gasteiger partial charge on any atom is -0.293 e. The molecule has 3 aromatic rings. The van der Waals surface area contributed by atoms with Crippen LogP contribution in [0.3, 0.4) is 0 Å². The number of benzene rings is 1. The Morgan fingerprint density at radius 2 is 1.93 bits per heavy atom. The van der Waals surface area contributed by atoms with Crippen molar-refractivity contribution >= 4 is 20.7 Å². The van der Waals surface area contributed by atoms with Gasteiger partial charge in [0.05, 0.1) is 41.0 Å². The molecule has 0 N–H and O–H groups in total. The zero-order valence-electron chi connectivity index (χ0n) is 16.8. The van der Waals surface area contributed by atoms with Crippen molar-refractivity contribution in [3.05, 3.63) is 57.0 Å². The summed E-state index contributed by atoms with van der Waals surface area (Å²) in [5, 5.41) is 4.20. The highest BCUT2D eigenvalue weighted by molar-refractivity contribution is 7.91. The SMILES string of the molecule is CCn1c(=O)n(Cc2cnn(C)c2)c(=O)c2cc(S(=O)(=O)CC3(CF)CC3)ccc21. The standard InChI is InChI=1S/C20H23FN4O4S/c1-3-24-17-5-4-15(30(28,29)13-20(12-21)6-7-20)8-16(17)18(26)25(19(24)27)11-14-9-22-23(2)10-14/h4-5,8-10H,3,6-7,11-13H2,1-2H3. The van der Waals surface area contributed by atoms with Gasteiger partial charge in [0, 0.05) is 30.8 Å². The van der Waals surface area contributed by atoms with Crippen LogP contribution < -0.4 is 11.2 Å². The van der Waals surface area contributed by atoms with Gasteiger partial charge in [-0.05, 0) is 38.0 Å². The molecule has 1 fully saturated rings. The summed E-state index contributed by atoms with van der Waals surface area (Å²) >= 11 is 0. The van der Waals surface area contributed by atoms with Crippen LogP contribution in [-0.2, 0) is 30.0 Å². The van der Waals surface area contributed by atoms with Crippen LogP contribution in [0, 0.1) is 5.41 Å². The summed E-state index contributed by atoms with van der Waals surface area (Å²) in [6.45, 7) is 1.46. The molecule has 160 valence electrons. The minimum atomic E-state index is -3.76. The van der Waals surface area contributed by atoms with Crippen molar-refractivity contribution in [1.82, 2.24) is 18.9 Å². The number of rotatable bonds is 7. The second kappa shape index (κ2) is 7.19. The molecular formula is C20H23FN4O4S. The molecule has 4 rings (SSSR count). The third-order valence-corrected chi connectivity index (χ3v) is 7.67. The first-order chi connectivity index (χ1) is 14.2. The number of halogens is 1. The summed E-state index contributed by atoms with van der Waals surface area (Å²) in [5.74, 6) is -0.278. The maximum atomic E-state index is 13.2. The number of hydrogen-bond acceptors (Lipinski definition) is 5. The number of fused-ring (bicyclic) bond motifs is 1. The summed E-state index contributed by atoms with van der Waals surface area (Å²) < 4.78 is 43.0. The molecule has 0 bridgehead atoms. The van der Waals surface area contributed by atoms with Crippen molar-refractivity contribution in [2.45, 2.75) is 37.8 Å². The molecule has 0 aliphatic heterocycles. The molecule has 1 aliphatic carbocycles. The smallest absolute Gasteiger partial charge is 0.293 e. The Hall–Kier alpha value is -2.75. The summed E-state index contributed by atoms with van der Waals surface area (Å²) in [5.41, 5.74) is -0.770.